The molecule has 2 rings (SSSR count). The summed E-state index contributed by atoms with van der Waals surface area (Å²) < 4.78 is 5.36. The molecule has 2 aromatic rings. The zero-order valence-electron chi connectivity index (χ0n) is 14.6. The molecule has 0 radical (unpaired) electrons. The second-order valence-corrected chi connectivity index (χ2v) is 6.34. The van der Waals surface area contributed by atoms with E-state index in [1.165, 1.54) is 11.8 Å². The average Bonchev–Trinajstić information content (AvgIpc) is 2.60. The van der Waals surface area contributed by atoms with Gasteiger partial charge in [-0.1, -0.05) is 23.2 Å². The van der Waals surface area contributed by atoms with Gasteiger partial charge in [0.1, 0.15) is 5.75 Å². The van der Waals surface area contributed by atoms with Crippen molar-refractivity contribution in [2.75, 3.05) is 23.4 Å². The Balaban J connectivity index is 1.96. The van der Waals surface area contributed by atoms with Gasteiger partial charge in [0.05, 0.1) is 16.7 Å². The molecule has 0 atom stereocenters. The smallest absolute Gasteiger partial charge is 0.226 e. The molecule has 0 aromatic heterocycles. The molecule has 0 saturated heterocycles. The average molecular weight is 395 g/mol. The van der Waals surface area contributed by atoms with Crippen LogP contribution in [0.15, 0.2) is 42.5 Å². The fourth-order valence-corrected chi connectivity index (χ4v) is 2.65. The highest BCUT2D eigenvalue weighted by molar-refractivity contribution is 6.42. The van der Waals surface area contributed by atoms with Gasteiger partial charge in [-0.2, -0.15) is 0 Å². The van der Waals surface area contributed by atoms with Crippen molar-refractivity contribution in [3.63, 3.8) is 0 Å². The minimum Gasteiger partial charge on any atom is -0.494 e. The number of carbonyl (C=O) groups excluding carboxylic acids is 2. The number of halogens is 2. The molecule has 0 spiro atoms. The molecule has 5 nitrogen and oxygen atoms in total. The van der Waals surface area contributed by atoms with Crippen molar-refractivity contribution < 1.29 is 14.3 Å². The predicted octanol–water partition coefficient (Wildman–Crippen LogP) is 4.77. The normalized spacial score (nSPS) is 10.3. The van der Waals surface area contributed by atoms with Crippen molar-refractivity contribution in [2.45, 2.75) is 20.3 Å². The zero-order valence-corrected chi connectivity index (χ0v) is 16.1. The van der Waals surface area contributed by atoms with E-state index in [2.05, 4.69) is 5.32 Å². The number of hydrogen-bond acceptors (Lipinski definition) is 3. The topological polar surface area (TPSA) is 58.6 Å². The van der Waals surface area contributed by atoms with Crippen molar-refractivity contribution in [1.82, 2.24) is 0 Å². The van der Waals surface area contributed by atoms with E-state index in [9.17, 15) is 9.59 Å². The Morgan fingerprint density at radius 1 is 1.08 bits per heavy atom. The lowest BCUT2D eigenvalue weighted by Crippen LogP contribution is -2.31. The van der Waals surface area contributed by atoms with E-state index in [-0.39, 0.29) is 24.8 Å². The van der Waals surface area contributed by atoms with Gasteiger partial charge in [-0.15, -0.1) is 0 Å². The Hall–Kier alpha value is -2.24. The van der Waals surface area contributed by atoms with Crippen molar-refractivity contribution in [1.29, 1.82) is 0 Å². The van der Waals surface area contributed by atoms with Crippen LogP contribution in [0.1, 0.15) is 20.3 Å². The summed E-state index contributed by atoms with van der Waals surface area (Å²) in [6, 6.07) is 12.0. The maximum atomic E-state index is 12.2. The van der Waals surface area contributed by atoms with Crippen LogP contribution in [0, 0.1) is 0 Å². The molecule has 2 amide bonds. The first kappa shape index (κ1) is 20.1. The molecule has 0 unspecified atom stereocenters. The van der Waals surface area contributed by atoms with Crippen LogP contribution < -0.4 is 15.0 Å². The summed E-state index contributed by atoms with van der Waals surface area (Å²) in [7, 11) is 0. The van der Waals surface area contributed by atoms with E-state index >= 15 is 0 Å². The van der Waals surface area contributed by atoms with Crippen LogP contribution in [0.2, 0.25) is 10.0 Å². The molecule has 0 saturated carbocycles. The van der Waals surface area contributed by atoms with Gasteiger partial charge in [-0.05, 0) is 49.4 Å². The van der Waals surface area contributed by atoms with Crippen molar-refractivity contribution in [2.24, 2.45) is 0 Å². The van der Waals surface area contributed by atoms with Crippen LogP contribution in [-0.4, -0.2) is 25.0 Å². The Morgan fingerprint density at radius 3 is 2.35 bits per heavy atom. The number of amides is 2. The lowest BCUT2D eigenvalue weighted by molar-refractivity contribution is -0.117. The monoisotopic (exact) mass is 394 g/mol. The third kappa shape index (κ3) is 5.64. The first-order chi connectivity index (χ1) is 12.4. The number of hydrogen-bond donors (Lipinski definition) is 1. The summed E-state index contributed by atoms with van der Waals surface area (Å²) >= 11 is 11.9. The highest BCUT2D eigenvalue weighted by Gasteiger charge is 2.15. The van der Waals surface area contributed by atoms with E-state index in [4.69, 9.17) is 27.9 Å². The van der Waals surface area contributed by atoms with Crippen molar-refractivity contribution in [3.8, 4) is 5.75 Å². The molecule has 0 fully saturated rings. The number of carbonyl (C=O) groups is 2. The molecule has 0 aliphatic rings. The quantitative estimate of drug-likeness (QED) is 0.735. The SMILES string of the molecule is CCOc1ccc(NC(=O)CCN(C(C)=O)c2ccc(Cl)c(Cl)c2)cc1. The molecular weight excluding hydrogens is 375 g/mol. The lowest BCUT2D eigenvalue weighted by Gasteiger charge is -2.21. The molecule has 138 valence electrons. The number of nitrogens with zero attached hydrogens (tertiary/aromatic N) is 1. The maximum absolute atomic E-state index is 12.2. The minimum absolute atomic E-state index is 0.146. The van der Waals surface area contributed by atoms with Crippen molar-refractivity contribution >= 4 is 46.4 Å². The van der Waals surface area contributed by atoms with E-state index in [0.717, 1.165) is 5.75 Å². The van der Waals surface area contributed by atoms with E-state index in [1.807, 2.05) is 6.92 Å². The molecule has 26 heavy (non-hydrogen) atoms. The Kier molecular flexibility index (Phi) is 7.30. The summed E-state index contributed by atoms with van der Waals surface area (Å²) in [5, 5.41) is 3.56. The van der Waals surface area contributed by atoms with E-state index in [0.29, 0.717) is 28.0 Å². The van der Waals surface area contributed by atoms with E-state index in [1.54, 1.807) is 42.5 Å². The summed E-state index contributed by atoms with van der Waals surface area (Å²) in [5.74, 6) is 0.366. The molecule has 0 aliphatic heterocycles. The van der Waals surface area contributed by atoms with Crippen LogP contribution in [0.4, 0.5) is 11.4 Å². The molecule has 0 aliphatic carbocycles. The first-order valence-corrected chi connectivity index (χ1v) is 8.92. The van der Waals surface area contributed by atoms with E-state index < -0.39 is 0 Å². The van der Waals surface area contributed by atoms with Crippen LogP contribution >= 0.6 is 23.2 Å². The Morgan fingerprint density at radius 2 is 1.77 bits per heavy atom. The number of nitrogens with one attached hydrogen (secondary N) is 1. The van der Waals surface area contributed by atoms with Crippen molar-refractivity contribution in [3.05, 3.63) is 52.5 Å². The van der Waals surface area contributed by atoms with Crippen LogP contribution in [0.25, 0.3) is 0 Å². The van der Waals surface area contributed by atoms with Gasteiger partial charge in [-0.3, -0.25) is 9.59 Å². The predicted molar refractivity (Wildman–Crippen MR) is 105 cm³/mol. The van der Waals surface area contributed by atoms with Gasteiger partial charge in [-0.25, -0.2) is 0 Å². The summed E-state index contributed by atoms with van der Waals surface area (Å²) in [6.45, 7) is 4.16. The molecule has 2 aromatic carbocycles. The zero-order chi connectivity index (χ0) is 19.1. The molecule has 7 heteroatoms. The molecule has 1 N–H and O–H groups in total. The lowest BCUT2D eigenvalue weighted by atomic mass is 10.2. The van der Waals surface area contributed by atoms with Gasteiger partial charge < -0.3 is 15.0 Å². The van der Waals surface area contributed by atoms with Crippen LogP contribution in [-0.2, 0) is 9.59 Å². The molecule has 0 heterocycles. The first-order valence-electron chi connectivity index (χ1n) is 8.16. The van der Waals surface area contributed by atoms with Gasteiger partial charge in [0, 0.05) is 31.3 Å². The third-order valence-corrected chi connectivity index (χ3v) is 4.35. The summed E-state index contributed by atoms with van der Waals surface area (Å²) in [5.41, 5.74) is 1.27. The number of ether oxygens (including phenoxy) is 1. The molecular formula is C19H20Cl2N2O3. The van der Waals surface area contributed by atoms with Gasteiger partial charge in [0.2, 0.25) is 11.8 Å². The molecule has 0 bridgehead atoms. The minimum atomic E-state index is -0.194. The second-order valence-electron chi connectivity index (χ2n) is 5.52. The van der Waals surface area contributed by atoms with Crippen LogP contribution in [0.5, 0.6) is 5.75 Å². The highest BCUT2D eigenvalue weighted by Crippen LogP contribution is 2.27. The maximum Gasteiger partial charge on any atom is 0.226 e. The number of benzene rings is 2. The summed E-state index contributed by atoms with van der Waals surface area (Å²) in [6.07, 6.45) is 0.146. The summed E-state index contributed by atoms with van der Waals surface area (Å²) in [4.78, 5) is 25.6. The highest BCUT2D eigenvalue weighted by atomic mass is 35.5. The standard InChI is InChI=1S/C19H20Cl2N2O3/c1-3-26-16-7-4-14(5-8-16)22-19(25)10-11-23(13(2)24)15-6-9-17(20)18(21)12-15/h4-9,12H,3,10-11H2,1-2H3,(H,22,25). The van der Waals surface area contributed by atoms with Gasteiger partial charge in [0.25, 0.3) is 0 Å². The fraction of sp³-hybridized carbons (Fsp3) is 0.263. The van der Waals surface area contributed by atoms with Gasteiger partial charge in [0.15, 0.2) is 0 Å². The second kappa shape index (κ2) is 9.46. The number of rotatable bonds is 7. The fourth-order valence-electron chi connectivity index (χ4n) is 2.36. The number of anilines is 2. The van der Waals surface area contributed by atoms with Crippen LogP contribution in [0.3, 0.4) is 0 Å². The Labute approximate surface area is 162 Å². The van der Waals surface area contributed by atoms with Gasteiger partial charge >= 0.3 is 0 Å². The third-order valence-electron chi connectivity index (χ3n) is 3.61. The largest absolute Gasteiger partial charge is 0.494 e. The Bertz CT molecular complexity index is 779.